The number of ketones is 1. The fourth-order valence-electron chi connectivity index (χ4n) is 4.17. The number of H-pyrrole nitrogens is 1. The second-order valence-corrected chi connectivity index (χ2v) is 8.71. The average molecular weight is 490 g/mol. The molecule has 2 N–H and O–H groups in total. The lowest BCUT2D eigenvalue weighted by Crippen LogP contribution is -2.35. The number of hydrogen-bond donors (Lipinski definition) is 2. The molecular weight excluding hydrogens is 467 g/mol. The van der Waals surface area contributed by atoms with E-state index in [-0.39, 0.29) is 11.6 Å². The van der Waals surface area contributed by atoms with Crippen molar-refractivity contribution in [3.8, 4) is 0 Å². The molecule has 0 radical (unpaired) electrons. The maximum absolute atomic E-state index is 13.4. The van der Waals surface area contributed by atoms with Crippen molar-refractivity contribution in [2.75, 3.05) is 25.5 Å². The van der Waals surface area contributed by atoms with Crippen molar-refractivity contribution in [1.29, 1.82) is 0 Å². The number of nitrogens with zero attached hydrogens (tertiary/aromatic N) is 2. The van der Waals surface area contributed by atoms with E-state index in [2.05, 4.69) is 20.2 Å². The summed E-state index contributed by atoms with van der Waals surface area (Å²) in [6.07, 6.45) is 5.90. The summed E-state index contributed by atoms with van der Waals surface area (Å²) in [6.45, 7) is 1.42. The van der Waals surface area contributed by atoms with Crippen LogP contribution in [0.5, 0.6) is 0 Å². The van der Waals surface area contributed by atoms with Gasteiger partial charge in [0, 0.05) is 29.0 Å². The number of aromatic nitrogens is 2. The molecular formula is C26H23FN4O5. The molecule has 3 aromatic rings. The molecule has 5 rings (SSSR count). The second-order valence-electron chi connectivity index (χ2n) is 8.71. The van der Waals surface area contributed by atoms with Gasteiger partial charge in [0.05, 0.1) is 5.92 Å². The number of pyridine rings is 1. The second kappa shape index (κ2) is 9.74. The maximum atomic E-state index is 13.4. The van der Waals surface area contributed by atoms with Crippen molar-refractivity contribution in [2.45, 2.75) is 12.8 Å². The van der Waals surface area contributed by atoms with Crippen molar-refractivity contribution in [3.63, 3.8) is 0 Å². The molecule has 0 saturated carbocycles. The first-order valence-electron chi connectivity index (χ1n) is 11.5. The van der Waals surface area contributed by atoms with E-state index in [4.69, 9.17) is 9.47 Å². The van der Waals surface area contributed by atoms with E-state index in [1.807, 2.05) is 13.1 Å². The van der Waals surface area contributed by atoms with Crippen LogP contribution in [-0.4, -0.2) is 52.7 Å². The Hall–Kier alpha value is -4.31. The molecule has 2 aromatic heterocycles. The molecule has 4 heterocycles. The number of halogens is 1. The van der Waals surface area contributed by atoms with Gasteiger partial charge in [0.25, 0.3) is 0 Å². The monoisotopic (exact) mass is 490 g/mol. The van der Waals surface area contributed by atoms with Crippen molar-refractivity contribution < 1.29 is 28.2 Å². The zero-order valence-electron chi connectivity index (χ0n) is 19.4. The Bertz CT molecular complexity index is 1400. The zero-order chi connectivity index (χ0) is 25.2. The quantitative estimate of drug-likeness (QED) is 0.242. The van der Waals surface area contributed by atoms with Crippen LogP contribution in [0, 0.1) is 11.7 Å². The molecule has 0 atom stereocenters. The molecule has 0 amide bonds. The fourth-order valence-corrected chi connectivity index (χ4v) is 4.17. The first-order chi connectivity index (χ1) is 17.4. The minimum absolute atomic E-state index is 0.136. The van der Waals surface area contributed by atoms with Gasteiger partial charge in [-0.25, -0.2) is 14.2 Å². The van der Waals surface area contributed by atoms with E-state index in [0.717, 1.165) is 5.39 Å². The van der Waals surface area contributed by atoms with Crippen LogP contribution in [0.25, 0.3) is 17.1 Å². The van der Waals surface area contributed by atoms with Crippen molar-refractivity contribution >= 4 is 40.5 Å². The highest BCUT2D eigenvalue weighted by molar-refractivity contribution is 6.27. The van der Waals surface area contributed by atoms with E-state index in [9.17, 15) is 18.8 Å². The highest BCUT2D eigenvalue weighted by Crippen LogP contribution is 2.31. The number of anilines is 1. The minimum atomic E-state index is -1.10. The number of carbonyl (C=O) groups is 3. The number of benzene rings is 1. The molecule has 1 aromatic carbocycles. The smallest absolute Gasteiger partial charge is 0.355 e. The van der Waals surface area contributed by atoms with E-state index in [1.54, 1.807) is 18.5 Å². The molecule has 184 valence electrons. The summed E-state index contributed by atoms with van der Waals surface area (Å²) in [4.78, 5) is 48.3. The van der Waals surface area contributed by atoms with Gasteiger partial charge in [-0.3, -0.25) is 9.59 Å². The lowest BCUT2D eigenvalue weighted by Gasteiger charge is -2.27. The SMILES string of the molecule is CN1CCC(C(=O)OC(=O)C2=C(Nc3ccc(F)cc3)OC(=Cc3c[nH]c4ncccc34)C2=O)CC1. The maximum Gasteiger partial charge on any atom is 0.355 e. The third kappa shape index (κ3) is 4.76. The number of ether oxygens (including phenoxy) is 2. The number of piperidine rings is 1. The molecule has 0 aliphatic carbocycles. The third-order valence-electron chi connectivity index (χ3n) is 6.21. The van der Waals surface area contributed by atoms with Crippen molar-refractivity contribution in [1.82, 2.24) is 14.9 Å². The Morgan fingerprint density at radius 3 is 2.72 bits per heavy atom. The van der Waals surface area contributed by atoms with Gasteiger partial charge in [-0.1, -0.05) is 0 Å². The molecule has 1 saturated heterocycles. The van der Waals surface area contributed by atoms with Crippen LogP contribution in [0.15, 0.2) is 66.0 Å². The summed E-state index contributed by atoms with van der Waals surface area (Å²) >= 11 is 0. The molecule has 2 aliphatic heterocycles. The summed E-state index contributed by atoms with van der Waals surface area (Å²) < 4.78 is 24.2. The largest absolute Gasteiger partial charge is 0.436 e. The molecule has 10 heteroatoms. The zero-order valence-corrected chi connectivity index (χ0v) is 19.4. The van der Waals surface area contributed by atoms with E-state index >= 15 is 0 Å². The fraction of sp³-hybridized carbons (Fsp3) is 0.231. The van der Waals surface area contributed by atoms with E-state index in [1.165, 1.54) is 30.3 Å². The molecule has 36 heavy (non-hydrogen) atoms. The van der Waals surface area contributed by atoms with Crippen molar-refractivity contribution in [3.05, 3.63) is 77.4 Å². The van der Waals surface area contributed by atoms with Crippen LogP contribution >= 0.6 is 0 Å². The van der Waals surface area contributed by atoms with E-state index in [0.29, 0.717) is 42.8 Å². The Morgan fingerprint density at radius 1 is 1.22 bits per heavy atom. The highest BCUT2D eigenvalue weighted by Gasteiger charge is 2.39. The number of Topliss-reactive ketones (excluding diaryl/α,β-unsaturated/α-hetero) is 1. The van der Waals surface area contributed by atoms with Gasteiger partial charge >= 0.3 is 11.9 Å². The number of rotatable bonds is 5. The summed E-state index contributed by atoms with van der Waals surface area (Å²) in [5, 5.41) is 3.58. The number of aromatic amines is 1. The molecule has 1 fully saturated rings. The number of esters is 2. The van der Waals surface area contributed by atoms with Gasteiger partial charge in [-0.15, -0.1) is 0 Å². The first kappa shape index (κ1) is 23.4. The van der Waals surface area contributed by atoms with Gasteiger partial charge in [0.15, 0.2) is 11.3 Å². The number of allylic oxidation sites excluding steroid dienone is 1. The normalized spacial score (nSPS) is 18.1. The van der Waals surface area contributed by atoms with Gasteiger partial charge in [-0.2, -0.15) is 0 Å². The first-order valence-corrected chi connectivity index (χ1v) is 11.5. The topological polar surface area (TPSA) is 114 Å². The Labute approximate surface area is 205 Å². The molecule has 0 unspecified atom stereocenters. The lowest BCUT2D eigenvalue weighted by molar-refractivity contribution is -0.161. The summed E-state index contributed by atoms with van der Waals surface area (Å²) in [7, 11) is 1.96. The number of likely N-dealkylation sites (tertiary alicyclic amines) is 1. The highest BCUT2D eigenvalue weighted by atomic mass is 19.1. The standard InChI is InChI=1S/C26H23FN4O5/c1-31-11-8-15(9-12-31)25(33)36-26(34)21-22(32)20(13-16-14-29-23-19(16)3-2-10-28-23)35-24(21)30-18-6-4-17(27)5-7-18/h2-7,10,13-15,30H,8-9,11-12H2,1H3,(H,28,29). The predicted octanol–water partition coefficient (Wildman–Crippen LogP) is 3.38. The Kier molecular flexibility index (Phi) is 6.34. The summed E-state index contributed by atoms with van der Waals surface area (Å²) in [5.41, 5.74) is 1.18. The van der Waals surface area contributed by atoms with Crippen molar-refractivity contribution in [2.24, 2.45) is 5.92 Å². The average Bonchev–Trinajstić information content (AvgIpc) is 3.41. The van der Waals surface area contributed by atoms with Crippen LogP contribution in [-0.2, 0) is 23.9 Å². The molecule has 9 nitrogen and oxygen atoms in total. The predicted molar refractivity (Wildman–Crippen MR) is 129 cm³/mol. The van der Waals surface area contributed by atoms with Crippen LogP contribution in [0.3, 0.4) is 0 Å². The van der Waals surface area contributed by atoms with E-state index < -0.39 is 35.0 Å². The Morgan fingerprint density at radius 2 is 1.97 bits per heavy atom. The summed E-state index contributed by atoms with van der Waals surface area (Å²) in [6, 6.07) is 8.87. The van der Waals surface area contributed by atoms with Gasteiger partial charge < -0.3 is 24.7 Å². The Balaban J connectivity index is 1.43. The third-order valence-corrected chi connectivity index (χ3v) is 6.21. The van der Waals surface area contributed by atoms with Gasteiger partial charge in [0.2, 0.25) is 11.7 Å². The van der Waals surface area contributed by atoms with Crippen LogP contribution in [0.4, 0.5) is 10.1 Å². The number of carbonyl (C=O) groups excluding carboxylic acids is 3. The lowest BCUT2D eigenvalue weighted by atomic mass is 9.97. The van der Waals surface area contributed by atoms with Crippen LogP contribution in [0.1, 0.15) is 18.4 Å². The molecule has 2 aliphatic rings. The number of fused-ring (bicyclic) bond motifs is 1. The molecule has 0 bridgehead atoms. The number of nitrogens with one attached hydrogen (secondary N) is 2. The number of hydrogen-bond acceptors (Lipinski definition) is 8. The molecule has 0 spiro atoms. The van der Waals surface area contributed by atoms with Crippen LogP contribution < -0.4 is 5.32 Å². The van der Waals surface area contributed by atoms with Crippen LogP contribution in [0.2, 0.25) is 0 Å². The van der Waals surface area contributed by atoms with Gasteiger partial charge in [0.1, 0.15) is 11.5 Å². The summed E-state index contributed by atoms with van der Waals surface area (Å²) in [5.74, 6) is -3.72. The van der Waals surface area contributed by atoms with Gasteiger partial charge in [-0.05, 0) is 75.5 Å². The minimum Gasteiger partial charge on any atom is -0.436 e.